The maximum absolute atomic E-state index is 10.5. The van der Waals surface area contributed by atoms with Gasteiger partial charge in [-0.1, -0.05) is 12.1 Å². The van der Waals surface area contributed by atoms with Crippen molar-refractivity contribution < 1.29 is 4.79 Å². The van der Waals surface area contributed by atoms with Gasteiger partial charge < -0.3 is 16.8 Å². The fourth-order valence-corrected chi connectivity index (χ4v) is 1.13. The Hall–Kier alpha value is -1.75. The molecule has 2 amide bonds. The lowest BCUT2D eigenvalue weighted by atomic mass is 10.2. The molecule has 0 saturated heterocycles. The number of aliphatic imine (C=N–C) groups is 1. The van der Waals surface area contributed by atoms with Crippen molar-refractivity contribution in [3.05, 3.63) is 29.8 Å². The van der Waals surface area contributed by atoms with Gasteiger partial charge >= 0.3 is 6.03 Å². The Morgan fingerprint density at radius 3 is 2.44 bits per heavy atom. The zero-order valence-corrected chi connectivity index (χ0v) is 9.37. The summed E-state index contributed by atoms with van der Waals surface area (Å²) in [6.07, 6.45) is 0. The molecule has 0 bridgehead atoms. The molecule has 6 heteroatoms. The lowest BCUT2D eigenvalue weighted by molar-refractivity contribution is 0.248. The molecule has 0 atom stereocenters. The van der Waals surface area contributed by atoms with Crippen molar-refractivity contribution in [2.45, 2.75) is 6.54 Å². The van der Waals surface area contributed by atoms with Crippen LogP contribution in [0.15, 0.2) is 29.3 Å². The first-order valence-electron chi connectivity index (χ1n) is 4.63. The number of hydrogen-bond acceptors (Lipinski definition) is 2. The zero-order chi connectivity index (χ0) is 12.0. The molecule has 5 N–H and O–H groups in total. The summed E-state index contributed by atoms with van der Waals surface area (Å²) >= 11 is 5.50. The van der Waals surface area contributed by atoms with Crippen molar-refractivity contribution in [2.75, 3.05) is 5.88 Å². The number of carbonyl (C=O) groups excluding carboxylic acids is 1. The highest BCUT2D eigenvalue weighted by Crippen LogP contribution is 2.12. The van der Waals surface area contributed by atoms with Crippen LogP contribution in [-0.2, 0) is 6.54 Å². The van der Waals surface area contributed by atoms with Crippen LogP contribution in [0.1, 0.15) is 5.56 Å². The molecular weight excluding hydrogens is 228 g/mol. The molecule has 0 heterocycles. The monoisotopic (exact) mass is 240 g/mol. The minimum Gasteiger partial charge on any atom is -0.386 e. The Bertz CT molecular complexity index is 388. The molecule has 16 heavy (non-hydrogen) atoms. The summed E-state index contributed by atoms with van der Waals surface area (Å²) in [5, 5.41) is 2.49. The van der Waals surface area contributed by atoms with Crippen molar-refractivity contribution in [3.8, 4) is 0 Å². The molecule has 0 radical (unpaired) electrons. The second kappa shape index (κ2) is 5.97. The molecule has 0 aliphatic heterocycles. The number of amidine groups is 1. The number of rotatable bonds is 4. The minimum absolute atomic E-state index is 0.199. The molecule has 0 aromatic heterocycles. The van der Waals surface area contributed by atoms with Crippen molar-refractivity contribution in [3.63, 3.8) is 0 Å². The summed E-state index contributed by atoms with van der Waals surface area (Å²) in [6.45, 7) is 0.393. The van der Waals surface area contributed by atoms with Crippen LogP contribution in [0.25, 0.3) is 0 Å². The standard InChI is InChI=1S/C10H13ClN4O/c11-5-9(12)15-8-3-1-7(2-4-8)6-14-10(13)16/h1-4H,5-6H2,(H2,12,15)(H3,13,14,16). The number of urea groups is 1. The number of alkyl halides is 1. The molecule has 0 unspecified atom stereocenters. The lowest BCUT2D eigenvalue weighted by Crippen LogP contribution is -2.28. The van der Waals surface area contributed by atoms with Crippen molar-refractivity contribution >= 4 is 29.2 Å². The van der Waals surface area contributed by atoms with Crippen molar-refractivity contribution in [1.29, 1.82) is 0 Å². The van der Waals surface area contributed by atoms with E-state index in [4.69, 9.17) is 23.1 Å². The molecule has 1 rings (SSSR count). The van der Waals surface area contributed by atoms with E-state index >= 15 is 0 Å². The summed E-state index contributed by atoms with van der Waals surface area (Å²) < 4.78 is 0. The van der Waals surface area contributed by atoms with E-state index in [0.29, 0.717) is 12.4 Å². The van der Waals surface area contributed by atoms with Gasteiger partial charge in [-0.2, -0.15) is 0 Å². The molecule has 0 saturated carbocycles. The molecule has 86 valence electrons. The Kier molecular flexibility index (Phi) is 4.60. The maximum atomic E-state index is 10.5. The van der Waals surface area contributed by atoms with Crippen LogP contribution in [0.5, 0.6) is 0 Å². The van der Waals surface area contributed by atoms with Crippen LogP contribution in [0, 0.1) is 0 Å². The largest absolute Gasteiger partial charge is 0.386 e. The van der Waals surface area contributed by atoms with Crippen molar-refractivity contribution in [1.82, 2.24) is 5.32 Å². The van der Waals surface area contributed by atoms with E-state index in [9.17, 15) is 4.79 Å². The Morgan fingerprint density at radius 2 is 1.94 bits per heavy atom. The third-order valence-corrected chi connectivity index (χ3v) is 2.09. The smallest absolute Gasteiger partial charge is 0.312 e. The highest BCUT2D eigenvalue weighted by Gasteiger charge is 1.96. The van der Waals surface area contributed by atoms with Gasteiger partial charge in [0.05, 0.1) is 11.6 Å². The van der Waals surface area contributed by atoms with Crippen LogP contribution < -0.4 is 16.8 Å². The zero-order valence-electron chi connectivity index (χ0n) is 8.61. The summed E-state index contributed by atoms with van der Waals surface area (Å²) in [6, 6.07) is 6.69. The molecular formula is C10H13ClN4O. The van der Waals surface area contributed by atoms with E-state index in [2.05, 4.69) is 10.3 Å². The SMILES string of the molecule is NC(=O)NCc1ccc(N=C(N)CCl)cc1. The fraction of sp³-hybridized carbons (Fsp3) is 0.200. The van der Waals surface area contributed by atoms with E-state index in [-0.39, 0.29) is 5.88 Å². The van der Waals surface area contributed by atoms with Gasteiger partial charge in [-0.3, -0.25) is 0 Å². The number of primary amides is 1. The number of hydrogen-bond donors (Lipinski definition) is 3. The number of halogens is 1. The van der Waals surface area contributed by atoms with E-state index in [0.717, 1.165) is 11.3 Å². The maximum Gasteiger partial charge on any atom is 0.312 e. The Balaban J connectivity index is 2.64. The molecule has 0 aliphatic rings. The van der Waals surface area contributed by atoms with Gasteiger partial charge in [-0.25, -0.2) is 9.79 Å². The third-order valence-electron chi connectivity index (χ3n) is 1.81. The first kappa shape index (κ1) is 12.3. The van der Waals surface area contributed by atoms with E-state index in [1.54, 1.807) is 12.1 Å². The van der Waals surface area contributed by atoms with Crippen LogP contribution in [-0.4, -0.2) is 17.7 Å². The molecule has 5 nitrogen and oxygen atoms in total. The van der Waals surface area contributed by atoms with Crippen LogP contribution in [0.3, 0.4) is 0 Å². The average Bonchev–Trinajstić information content (AvgIpc) is 2.28. The Morgan fingerprint density at radius 1 is 1.31 bits per heavy atom. The van der Waals surface area contributed by atoms with Crippen molar-refractivity contribution in [2.24, 2.45) is 16.5 Å². The van der Waals surface area contributed by atoms with Crippen LogP contribution >= 0.6 is 11.6 Å². The van der Waals surface area contributed by atoms with Crippen LogP contribution in [0.2, 0.25) is 0 Å². The number of benzene rings is 1. The van der Waals surface area contributed by atoms with Crippen LogP contribution in [0.4, 0.5) is 10.5 Å². The highest BCUT2D eigenvalue weighted by atomic mass is 35.5. The van der Waals surface area contributed by atoms with E-state index < -0.39 is 6.03 Å². The normalized spacial score (nSPS) is 11.2. The summed E-state index contributed by atoms with van der Waals surface area (Å²) in [7, 11) is 0. The summed E-state index contributed by atoms with van der Waals surface area (Å²) in [5.41, 5.74) is 12.1. The summed E-state index contributed by atoms with van der Waals surface area (Å²) in [4.78, 5) is 14.5. The first-order chi connectivity index (χ1) is 7.61. The molecule has 1 aromatic carbocycles. The predicted octanol–water partition coefficient (Wildman–Crippen LogP) is 1.08. The minimum atomic E-state index is -0.548. The molecule has 0 aliphatic carbocycles. The van der Waals surface area contributed by atoms with Gasteiger partial charge in [0.25, 0.3) is 0 Å². The average molecular weight is 241 g/mol. The number of nitrogens with two attached hydrogens (primary N) is 2. The van der Waals surface area contributed by atoms with E-state index in [1.165, 1.54) is 0 Å². The number of carbonyl (C=O) groups is 1. The third kappa shape index (κ3) is 4.18. The van der Waals surface area contributed by atoms with Gasteiger partial charge in [0.15, 0.2) is 0 Å². The number of nitrogens with zero attached hydrogens (tertiary/aromatic N) is 1. The molecule has 0 spiro atoms. The number of nitrogens with one attached hydrogen (secondary N) is 1. The van der Waals surface area contributed by atoms with Gasteiger partial charge in [0.1, 0.15) is 5.84 Å². The van der Waals surface area contributed by atoms with Gasteiger partial charge in [-0.15, -0.1) is 11.6 Å². The summed E-state index contributed by atoms with van der Waals surface area (Å²) in [5.74, 6) is 0.565. The lowest BCUT2D eigenvalue weighted by Gasteiger charge is -2.02. The number of amides is 2. The van der Waals surface area contributed by atoms with Gasteiger partial charge in [0.2, 0.25) is 0 Å². The van der Waals surface area contributed by atoms with E-state index in [1.807, 2.05) is 12.1 Å². The Labute approximate surface area is 98.5 Å². The topological polar surface area (TPSA) is 93.5 Å². The predicted molar refractivity (Wildman–Crippen MR) is 64.9 cm³/mol. The molecule has 0 fully saturated rings. The second-order valence-corrected chi connectivity index (χ2v) is 3.39. The quantitative estimate of drug-likeness (QED) is 0.417. The van der Waals surface area contributed by atoms with Gasteiger partial charge in [-0.05, 0) is 17.7 Å². The second-order valence-electron chi connectivity index (χ2n) is 3.12. The van der Waals surface area contributed by atoms with Gasteiger partial charge in [0, 0.05) is 6.54 Å². The first-order valence-corrected chi connectivity index (χ1v) is 5.16. The fourth-order valence-electron chi connectivity index (χ4n) is 1.07. The highest BCUT2D eigenvalue weighted by molar-refractivity contribution is 6.28. The molecule has 1 aromatic rings.